The van der Waals surface area contributed by atoms with Gasteiger partial charge in [-0.1, -0.05) is 29.6 Å². The predicted octanol–water partition coefficient (Wildman–Crippen LogP) is 4.13. The lowest BCUT2D eigenvalue weighted by molar-refractivity contribution is 0.0953. The zero-order chi connectivity index (χ0) is 12.7. The van der Waals surface area contributed by atoms with Gasteiger partial charge in [0.2, 0.25) is 0 Å². The number of carbonyl (C=O) groups is 1. The molecule has 0 radical (unpaired) electrons. The molecule has 0 aliphatic heterocycles. The molecule has 2 nitrogen and oxygen atoms in total. The fourth-order valence-electron chi connectivity index (χ4n) is 1.37. The van der Waals surface area contributed by atoms with Gasteiger partial charge in [0, 0.05) is 17.4 Å². The summed E-state index contributed by atoms with van der Waals surface area (Å²) in [5.41, 5.74) is 0.452. The lowest BCUT2D eigenvalue weighted by Gasteiger charge is -2.06. The molecule has 5 heteroatoms. The number of amides is 1. The maximum Gasteiger partial charge on any atom is 0.252 e. The van der Waals surface area contributed by atoms with Crippen LogP contribution in [-0.4, -0.2) is 18.3 Å². The molecule has 0 aromatic heterocycles. The lowest BCUT2D eigenvalue weighted by atomic mass is 10.2. The van der Waals surface area contributed by atoms with E-state index in [0.717, 1.165) is 19.3 Å². The van der Waals surface area contributed by atoms with Crippen molar-refractivity contribution >= 4 is 40.7 Å². The highest BCUT2D eigenvalue weighted by atomic mass is 35.5. The second-order valence-electron chi connectivity index (χ2n) is 3.63. The first-order valence-electron chi connectivity index (χ1n) is 5.44. The summed E-state index contributed by atoms with van der Waals surface area (Å²) in [5, 5.41) is 3.70. The molecule has 0 atom stereocenters. The van der Waals surface area contributed by atoms with Gasteiger partial charge in [0.15, 0.2) is 0 Å². The normalized spacial score (nSPS) is 10.3. The number of alkyl halides is 1. The number of halogens is 3. The van der Waals surface area contributed by atoms with Gasteiger partial charge in [-0.3, -0.25) is 4.79 Å². The number of nitrogens with one attached hydrogen (secondary N) is 1. The van der Waals surface area contributed by atoms with Crippen LogP contribution in [0.3, 0.4) is 0 Å². The molecular formula is C12H14Cl3NO. The van der Waals surface area contributed by atoms with Gasteiger partial charge in [0.25, 0.3) is 5.91 Å². The summed E-state index contributed by atoms with van der Waals surface area (Å²) < 4.78 is 0. The van der Waals surface area contributed by atoms with Crippen LogP contribution >= 0.6 is 34.8 Å². The van der Waals surface area contributed by atoms with E-state index in [1.807, 2.05) is 0 Å². The molecule has 0 heterocycles. The summed E-state index contributed by atoms with van der Waals surface area (Å²) in [6, 6.07) is 4.83. The van der Waals surface area contributed by atoms with Crippen molar-refractivity contribution < 1.29 is 4.79 Å². The largest absolute Gasteiger partial charge is 0.352 e. The summed E-state index contributed by atoms with van der Waals surface area (Å²) in [4.78, 5) is 11.7. The highest BCUT2D eigenvalue weighted by Crippen LogP contribution is 2.20. The number of carbonyl (C=O) groups excluding carboxylic acids is 1. The van der Waals surface area contributed by atoms with Crippen LogP contribution in [0.15, 0.2) is 18.2 Å². The van der Waals surface area contributed by atoms with Crippen LogP contribution in [0.25, 0.3) is 0 Å². The quantitative estimate of drug-likeness (QED) is 0.620. The summed E-state index contributed by atoms with van der Waals surface area (Å²) in [7, 11) is 0. The molecule has 1 N–H and O–H groups in total. The van der Waals surface area contributed by atoms with Crippen LogP contribution in [0.2, 0.25) is 10.0 Å². The van der Waals surface area contributed by atoms with E-state index < -0.39 is 0 Å². The third-order valence-corrected chi connectivity index (χ3v) is 3.09. The number of hydrogen-bond donors (Lipinski definition) is 1. The summed E-state index contributed by atoms with van der Waals surface area (Å²) in [6.07, 6.45) is 2.90. The van der Waals surface area contributed by atoms with Gasteiger partial charge in [-0.15, -0.1) is 11.6 Å². The molecule has 0 saturated heterocycles. The van der Waals surface area contributed by atoms with E-state index in [0.29, 0.717) is 28.0 Å². The molecule has 0 unspecified atom stereocenters. The number of benzene rings is 1. The van der Waals surface area contributed by atoms with E-state index in [9.17, 15) is 4.79 Å². The average molecular weight is 295 g/mol. The number of rotatable bonds is 6. The minimum absolute atomic E-state index is 0.169. The fourth-order valence-corrected chi connectivity index (χ4v) is 2.05. The van der Waals surface area contributed by atoms with Crippen LogP contribution < -0.4 is 5.32 Å². The van der Waals surface area contributed by atoms with Crippen molar-refractivity contribution in [3.05, 3.63) is 33.8 Å². The van der Waals surface area contributed by atoms with Crippen LogP contribution in [0.1, 0.15) is 29.6 Å². The Hall–Kier alpha value is -0.440. The van der Waals surface area contributed by atoms with Gasteiger partial charge in [-0.25, -0.2) is 0 Å². The Labute approximate surface area is 116 Å². The molecular weight excluding hydrogens is 280 g/mol. The van der Waals surface area contributed by atoms with Crippen molar-refractivity contribution in [2.45, 2.75) is 19.3 Å². The second kappa shape index (κ2) is 7.80. The van der Waals surface area contributed by atoms with E-state index in [1.165, 1.54) is 0 Å². The van der Waals surface area contributed by atoms with Gasteiger partial charge in [-0.2, -0.15) is 0 Å². The fraction of sp³-hybridized carbons (Fsp3) is 0.417. The molecule has 0 fully saturated rings. The molecule has 0 aliphatic rings. The Kier molecular flexibility index (Phi) is 6.71. The van der Waals surface area contributed by atoms with Crippen LogP contribution in [-0.2, 0) is 0 Å². The third-order valence-electron chi connectivity index (χ3n) is 2.27. The Morgan fingerprint density at radius 3 is 2.59 bits per heavy atom. The first kappa shape index (κ1) is 14.6. The van der Waals surface area contributed by atoms with Gasteiger partial charge in [-0.05, 0) is 31.0 Å². The predicted molar refractivity (Wildman–Crippen MR) is 73.4 cm³/mol. The molecule has 1 aromatic carbocycles. The number of hydrogen-bond acceptors (Lipinski definition) is 1. The third kappa shape index (κ3) is 5.15. The maximum absolute atomic E-state index is 11.7. The molecule has 94 valence electrons. The van der Waals surface area contributed by atoms with Gasteiger partial charge < -0.3 is 5.32 Å². The topological polar surface area (TPSA) is 29.1 Å². The number of unbranched alkanes of at least 4 members (excludes halogenated alkanes) is 2. The zero-order valence-corrected chi connectivity index (χ0v) is 11.6. The smallest absolute Gasteiger partial charge is 0.252 e. The summed E-state index contributed by atoms with van der Waals surface area (Å²) in [5.74, 6) is 0.495. The molecule has 17 heavy (non-hydrogen) atoms. The lowest BCUT2D eigenvalue weighted by Crippen LogP contribution is -2.24. The van der Waals surface area contributed by atoms with E-state index in [2.05, 4.69) is 5.32 Å². The van der Waals surface area contributed by atoms with Crippen LogP contribution in [0, 0.1) is 0 Å². The Bertz CT molecular complexity index is 382. The van der Waals surface area contributed by atoms with E-state index in [1.54, 1.807) is 18.2 Å². The van der Waals surface area contributed by atoms with E-state index in [4.69, 9.17) is 34.8 Å². The average Bonchev–Trinajstić information content (AvgIpc) is 2.28. The highest BCUT2D eigenvalue weighted by molar-refractivity contribution is 6.36. The van der Waals surface area contributed by atoms with Crippen molar-refractivity contribution in [2.24, 2.45) is 0 Å². The monoisotopic (exact) mass is 293 g/mol. The Balaban J connectivity index is 2.42. The van der Waals surface area contributed by atoms with E-state index >= 15 is 0 Å². The molecule has 0 saturated carbocycles. The van der Waals surface area contributed by atoms with Gasteiger partial charge in [0.1, 0.15) is 0 Å². The molecule has 0 spiro atoms. The summed E-state index contributed by atoms with van der Waals surface area (Å²) in [6.45, 7) is 0.634. The molecule has 1 rings (SSSR count). The van der Waals surface area contributed by atoms with Crippen molar-refractivity contribution in [1.82, 2.24) is 5.32 Å². The first-order chi connectivity index (χ1) is 8.15. The van der Waals surface area contributed by atoms with E-state index in [-0.39, 0.29) is 5.91 Å². The van der Waals surface area contributed by atoms with Crippen molar-refractivity contribution in [3.8, 4) is 0 Å². The molecule has 0 aliphatic carbocycles. The summed E-state index contributed by atoms with van der Waals surface area (Å²) >= 11 is 17.2. The van der Waals surface area contributed by atoms with Crippen molar-refractivity contribution in [3.63, 3.8) is 0 Å². The zero-order valence-electron chi connectivity index (χ0n) is 9.31. The van der Waals surface area contributed by atoms with Crippen LogP contribution in [0.4, 0.5) is 0 Å². The first-order valence-corrected chi connectivity index (χ1v) is 6.73. The highest BCUT2D eigenvalue weighted by Gasteiger charge is 2.09. The SMILES string of the molecule is O=C(NCCCCCCl)c1ccc(Cl)cc1Cl. The van der Waals surface area contributed by atoms with Gasteiger partial charge in [0.05, 0.1) is 10.6 Å². The molecule has 1 amide bonds. The second-order valence-corrected chi connectivity index (χ2v) is 4.85. The standard InChI is InChI=1S/C12H14Cl3NO/c13-6-2-1-3-7-16-12(17)10-5-4-9(14)8-11(10)15/h4-5,8H,1-3,6-7H2,(H,16,17). The molecule has 0 bridgehead atoms. The van der Waals surface area contributed by atoms with Crippen molar-refractivity contribution in [2.75, 3.05) is 12.4 Å². The minimum atomic E-state index is -0.169. The maximum atomic E-state index is 11.7. The molecule has 1 aromatic rings. The Morgan fingerprint density at radius 1 is 1.18 bits per heavy atom. The van der Waals surface area contributed by atoms with Crippen LogP contribution in [0.5, 0.6) is 0 Å². The van der Waals surface area contributed by atoms with Gasteiger partial charge >= 0.3 is 0 Å². The van der Waals surface area contributed by atoms with Crippen molar-refractivity contribution in [1.29, 1.82) is 0 Å². The minimum Gasteiger partial charge on any atom is -0.352 e. The Morgan fingerprint density at radius 2 is 1.94 bits per heavy atom.